The fraction of sp³-hybridized carbons (Fsp3) is 0.231. The Bertz CT molecular complexity index is 373. The third-order valence-corrected chi connectivity index (χ3v) is 2.79. The average molecular weight is 237 g/mol. The monoisotopic (exact) mass is 236 g/mol. The predicted octanol–water partition coefficient (Wildman–Crippen LogP) is 2.37. The van der Waals surface area contributed by atoms with Crippen LogP contribution in [0.3, 0.4) is 0 Å². The van der Waals surface area contributed by atoms with Crippen LogP contribution in [0, 0.1) is 0 Å². The molecule has 0 bridgehead atoms. The fourth-order valence-electron chi connectivity index (χ4n) is 1.91. The van der Waals surface area contributed by atoms with E-state index in [0.29, 0.717) is 0 Å². The molecule has 2 rings (SSSR count). The maximum absolute atomic E-state index is 5.65. The Kier molecular flexibility index (Phi) is 4.74. The first-order chi connectivity index (χ1) is 7.35. The molecule has 0 saturated carbocycles. The standard InChI is InChI=1S/C13H16N2.ClH/c14-15-13(9-5-2-6-10-13)11-12-7-3-1-4-8-12;/h1-9,15H,10-11,14H2;1H. The van der Waals surface area contributed by atoms with Crippen LogP contribution in [-0.4, -0.2) is 5.54 Å². The van der Waals surface area contributed by atoms with E-state index in [0.717, 1.165) is 12.8 Å². The summed E-state index contributed by atoms with van der Waals surface area (Å²) in [6.07, 6.45) is 10.2. The average Bonchev–Trinajstić information content (AvgIpc) is 2.32. The Morgan fingerprint density at radius 1 is 1.19 bits per heavy atom. The van der Waals surface area contributed by atoms with Gasteiger partial charge in [0.05, 0.1) is 5.54 Å². The summed E-state index contributed by atoms with van der Waals surface area (Å²) >= 11 is 0. The third-order valence-electron chi connectivity index (χ3n) is 2.79. The molecule has 1 aliphatic rings. The van der Waals surface area contributed by atoms with E-state index in [1.54, 1.807) is 0 Å². The molecular weight excluding hydrogens is 220 g/mol. The van der Waals surface area contributed by atoms with Crippen LogP contribution in [0.2, 0.25) is 0 Å². The number of benzene rings is 1. The van der Waals surface area contributed by atoms with Gasteiger partial charge in [-0.2, -0.15) is 0 Å². The van der Waals surface area contributed by atoms with E-state index in [-0.39, 0.29) is 17.9 Å². The smallest absolute Gasteiger partial charge is 0.0578 e. The second kappa shape index (κ2) is 5.85. The first-order valence-electron chi connectivity index (χ1n) is 5.21. The fourth-order valence-corrected chi connectivity index (χ4v) is 1.91. The van der Waals surface area contributed by atoms with Gasteiger partial charge in [0.15, 0.2) is 0 Å². The van der Waals surface area contributed by atoms with Crippen molar-refractivity contribution in [1.82, 2.24) is 5.43 Å². The number of hydrazine groups is 1. The number of allylic oxidation sites excluding steroid dienone is 2. The lowest BCUT2D eigenvalue weighted by molar-refractivity contribution is 0.408. The quantitative estimate of drug-likeness (QED) is 0.625. The number of rotatable bonds is 3. The van der Waals surface area contributed by atoms with Gasteiger partial charge in [-0.1, -0.05) is 54.6 Å². The summed E-state index contributed by atoms with van der Waals surface area (Å²) in [6.45, 7) is 0. The van der Waals surface area contributed by atoms with Crippen LogP contribution in [0.25, 0.3) is 0 Å². The number of hydrogen-bond donors (Lipinski definition) is 2. The molecule has 2 nitrogen and oxygen atoms in total. The number of nitrogens with two attached hydrogens (primary N) is 1. The number of hydrogen-bond acceptors (Lipinski definition) is 2. The molecule has 1 aliphatic carbocycles. The van der Waals surface area contributed by atoms with E-state index in [2.05, 4.69) is 47.9 Å². The Balaban J connectivity index is 0.00000128. The second-order valence-electron chi connectivity index (χ2n) is 3.95. The summed E-state index contributed by atoms with van der Waals surface area (Å²) in [7, 11) is 0. The zero-order chi connectivity index (χ0) is 10.6. The first kappa shape index (κ1) is 13.0. The zero-order valence-electron chi connectivity index (χ0n) is 9.10. The van der Waals surface area contributed by atoms with Gasteiger partial charge in [-0.05, 0) is 18.4 Å². The van der Waals surface area contributed by atoms with Crippen LogP contribution in [0.15, 0.2) is 54.6 Å². The normalized spacial score (nSPS) is 22.8. The molecule has 1 aromatic rings. The summed E-state index contributed by atoms with van der Waals surface area (Å²) in [5.74, 6) is 5.65. The Hall–Kier alpha value is -1.09. The van der Waals surface area contributed by atoms with Crippen molar-refractivity contribution in [3.63, 3.8) is 0 Å². The van der Waals surface area contributed by atoms with E-state index in [4.69, 9.17) is 5.84 Å². The highest BCUT2D eigenvalue weighted by Crippen LogP contribution is 2.21. The number of nitrogens with one attached hydrogen (secondary N) is 1. The molecule has 3 heteroatoms. The highest BCUT2D eigenvalue weighted by Gasteiger charge is 2.25. The van der Waals surface area contributed by atoms with Crippen molar-refractivity contribution in [1.29, 1.82) is 0 Å². The molecule has 0 spiro atoms. The summed E-state index contributed by atoms with van der Waals surface area (Å²) in [5, 5.41) is 0. The maximum atomic E-state index is 5.65. The van der Waals surface area contributed by atoms with Crippen molar-refractivity contribution >= 4 is 12.4 Å². The topological polar surface area (TPSA) is 38.0 Å². The molecule has 86 valence electrons. The van der Waals surface area contributed by atoms with Crippen molar-refractivity contribution in [3.8, 4) is 0 Å². The first-order valence-corrected chi connectivity index (χ1v) is 5.21. The van der Waals surface area contributed by atoms with Gasteiger partial charge in [-0.15, -0.1) is 12.4 Å². The highest BCUT2D eigenvalue weighted by atomic mass is 35.5. The molecule has 3 N–H and O–H groups in total. The summed E-state index contributed by atoms with van der Waals surface area (Å²) in [6, 6.07) is 10.4. The summed E-state index contributed by atoms with van der Waals surface area (Å²) in [4.78, 5) is 0. The van der Waals surface area contributed by atoms with Crippen LogP contribution in [0.5, 0.6) is 0 Å². The Labute approximate surface area is 103 Å². The van der Waals surface area contributed by atoms with Crippen molar-refractivity contribution in [2.75, 3.05) is 0 Å². The molecule has 0 amide bonds. The van der Waals surface area contributed by atoms with Gasteiger partial charge in [0.2, 0.25) is 0 Å². The zero-order valence-corrected chi connectivity index (χ0v) is 9.91. The van der Waals surface area contributed by atoms with Crippen molar-refractivity contribution in [2.24, 2.45) is 5.84 Å². The second-order valence-corrected chi connectivity index (χ2v) is 3.95. The van der Waals surface area contributed by atoms with E-state index in [1.807, 2.05) is 12.1 Å². The molecule has 0 saturated heterocycles. The van der Waals surface area contributed by atoms with Crippen LogP contribution in [0.4, 0.5) is 0 Å². The molecule has 16 heavy (non-hydrogen) atoms. The van der Waals surface area contributed by atoms with Crippen LogP contribution in [0.1, 0.15) is 12.0 Å². The van der Waals surface area contributed by atoms with Crippen molar-refractivity contribution < 1.29 is 0 Å². The van der Waals surface area contributed by atoms with Crippen LogP contribution < -0.4 is 11.3 Å². The van der Waals surface area contributed by atoms with E-state index in [1.165, 1.54) is 5.56 Å². The molecule has 0 aliphatic heterocycles. The molecule has 0 radical (unpaired) electrons. The van der Waals surface area contributed by atoms with Gasteiger partial charge in [0.25, 0.3) is 0 Å². The van der Waals surface area contributed by atoms with Crippen LogP contribution in [-0.2, 0) is 6.42 Å². The van der Waals surface area contributed by atoms with E-state index >= 15 is 0 Å². The minimum absolute atomic E-state index is 0. The van der Waals surface area contributed by atoms with Gasteiger partial charge < -0.3 is 0 Å². The predicted molar refractivity (Wildman–Crippen MR) is 70.3 cm³/mol. The molecule has 1 aromatic carbocycles. The molecular formula is C13H17ClN2. The SMILES string of the molecule is Cl.NNC1(Cc2ccccc2)C=CC=CC1. The van der Waals surface area contributed by atoms with Gasteiger partial charge in [-0.3, -0.25) is 5.84 Å². The lowest BCUT2D eigenvalue weighted by Crippen LogP contribution is -2.49. The molecule has 0 aromatic heterocycles. The lowest BCUT2D eigenvalue weighted by Gasteiger charge is -2.30. The molecule has 0 heterocycles. The summed E-state index contributed by atoms with van der Waals surface area (Å²) in [5.41, 5.74) is 4.11. The third kappa shape index (κ3) is 2.95. The molecule has 1 atom stereocenters. The van der Waals surface area contributed by atoms with Gasteiger partial charge in [0, 0.05) is 0 Å². The highest BCUT2D eigenvalue weighted by molar-refractivity contribution is 5.85. The largest absolute Gasteiger partial charge is 0.271 e. The minimum Gasteiger partial charge on any atom is -0.271 e. The van der Waals surface area contributed by atoms with Crippen molar-refractivity contribution in [2.45, 2.75) is 18.4 Å². The van der Waals surface area contributed by atoms with E-state index < -0.39 is 0 Å². The Morgan fingerprint density at radius 3 is 2.50 bits per heavy atom. The van der Waals surface area contributed by atoms with Gasteiger partial charge in [0.1, 0.15) is 0 Å². The lowest BCUT2D eigenvalue weighted by atomic mass is 9.85. The van der Waals surface area contributed by atoms with Gasteiger partial charge in [-0.25, -0.2) is 5.43 Å². The minimum atomic E-state index is -0.115. The Morgan fingerprint density at radius 2 is 1.94 bits per heavy atom. The number of halogens is 1. The van der Waals surface area contributed by atoms with Crippen LogP contribution >= 0.6 is 12.4 Å². The molecule has 0 fully saturated rings. The van der Waals surface area contributed by atoms with Gasteiger partial charge >= 0.3 is 0 Å². The summed E-state index contributed by atoms with van der Waals surface area (Å²) < 4.78 is 0. The maximum Gasteiger partial charge on any atom is 0.0578 e. The van der Waals surface area contributed by atoms with E-state index in [9.17, 15) is 0 Å². The molecule has 1 unspecified atom stereocenters. The van der Waals surface area contributed by atoms with Crippen molar-refractivity contribution in [3.05, 3.63) is 60.2 Å².